The number of sulfonamides is 1. The number of benzene rings is 1. The summed E-state index contributed by atoms with van der Waals surface area (Å²) in [5.41, 5.74) is 0.543. The van der Waals surface area contributed by atoms with Crippen molar-refractivity contribution in [3.8, 4) is 0 Å². The lowest BCUT2D eigenvalue weighted by Crippen LogP contribution is -2.33. The molecule has 18 heavy (non-hydrogen) atoms. The van der Waals surface area contributed by atoms with E-state index in [1.54, 1.807) is 19.1 Å². The number of likely N-dealkylation sites (N-methyl/N-ethyl adjacent to an activating group) is 1. The van der Waals surface area contributed by atoms with Crippen molar-refractivity contribution in [1.29, 1.82) is 0 Å². The van der Waals surface area contributed by atoms with E-state index in [0.29, 0.717) is 5.56 Å². The van der Waals surface area contributed by atoms with Crippen LogP contribution in [0.15, 0.2) is 29.2 Å². The maximum Gasteiger partial charge on any atom is 0.242 e. The van der Waals surface area contributed by atoms with E-state index in [9.17, 15) is 18.6 Å². The Labute approximate surface area is 108 Å². The third kappa shape index (κ3) is 3.52. The summed E-state index contributed by atoms with van der Waals surface area (Å²) in [6.07, 6.45) is -1.45. The third-order valence-electron chi connectivity index (χ3n) is 2.57. The van der Waals surface area contributed by atoms with E-state index in [1.165, 1.54) is 26.1 Å². The van der Waals surface area contributed by atoms with Gasteiger partial charge in [0.2, 0.25) is 10.0 Å². The monoisotopic (exact) mass is 273 g/mol. The van der Waals surface area contributed by atoms with Crippen molar-refractivity contribution in [2.75, 3.05) is 13.6 Å². The Kier molecular flexibility index (Phi) is 4.86. The summed E-state index contributed by atoms with van der Waals surface area (Å²) >= 11 is 0. The molecule has 0 amide bonds. The number of hydrogen-bond donors (Lipinski definition) is 2. The Balaban J connectivity index is 3.08. The minimum absolute atomic E-state index is 0.0290. The smallest absolute Gasteiger partial charge is 0.242 e. The molecule has 0 aliphatic rings. The number of nitrogens with zero attached hydrogens (tertiary/aromatic N) is 1. The second kappa shape index (κ2) is 5.79. The average Bonchev–Trinajstić information content (AvgIpc) is 2.28. The van der Waals surface area contributed by atoms with Gasteiger partial charge < -0.3 is 10.2 Å². The van der Waals surface area contributed by atoms with Gasteiger partial charge in [0.25, 0.3) is 0 Å². The zero-order valence-corrected chi connectivity index (χ0v) is 11.6. The molecule has 0 heterocycles. The summed E-state index contributed by atoms with van der Waals surface area (Å²) in [6.45, 7) is 3.13. The highest BCUT2D eigenvalue weighted by atomic mass is 32.2. The Morgan fingerprint density at radius 1 is 1.28 bits per heavy atom. The lowest BCUT2D eigenvalue weighted by molar-refractivity contribution is 0.171. The highest BCUT2D eigenvalue weighted by molar-refractivity contribution is 7.89. The lowest BCUT2D eigenvalue weighted by atomic mass is 10.1. The van der Waals surface area contributed by atoms with Crippen molar-refractivity contribution >= 4 is 10.0 Å². The molecular weight excluding hydrogens is 254 g/mol. The van der Waals surface area contributed by atoms with Crippen LogP contribution in [0.4, 0.5) is 0 Å². The number of rotatable bonds is 5. The SMILES string of the molecule is CC(O)CN(C)S(=O)(=O)c1cccc(C(C)O)c1. The van der Waals surface area contributed by atoms with Gasteiger partial charge in [0.1, 0.15) is 0 Å². The Hall–Kier alpha value is -0.950. The molecule has 6 heteroatoms. The van der Waals surface area contributed by atoms with Crippen LogP contribution in [0.25, 0.3) is 0 Å². The number of aliphatic hydroxyl groups is 2. The molecule has 0 saturated carbocycles. The fourth-order valence-corrected chi connectivity index (χ4v) is 2.89. The van der Waals surface area contributed by atoms with Crippen LogP contribution in [0.2, 0.25) is 0 Å². The van der Waals surface area contributed by atoms with E-state index in [-0.39, 0.29) is 11.4 Å². The van der Waals surface area contributed by atoms with E-state index >= 15 is 0 Å². The van der Waals surface area contributed by atoms with E-state index in [0.717, 1.165) is 4.31 Å². The molecule has 2 atom stereocenters. The molecule has 0 fully saturated rings. The van der Waals surface area contributed by atoms with Gasteiger partial charge in [-0.25, -0.2) is 8.42 Å². The highest BCUT2D eigenvalue weighted by Crippen LogP contribution is 2.19. The highest BCUT2D eigenvalue weighted by Gasteiger charge is 2.22. The zero-order chi connectivity index (χ0) is 13.9. The van der Waals surface area contributed by atoms with Crippen molar-refractivity contribution in [2.45, 2.75) is 31.0 Å². The molecule has 1 rings (SSSR count). The zero-order valence-electron chi connectivity index (χ0n) is 10.7. The predicted octanol–water partition coefficient (Wildman–Crippen LogP) is 0.741. The van der Waals surface area contributed by atoms with Gasteiger partial charge in [0, 0.05) is 13.6 Å². The Morgan fingerprint density at radius 3 is 2.39 bits per heavy atom. The van der Waals surface area contributed by atoms with Gasteiger partial charge in [-0.05, 0) is 31.5 Å². The molecule has 1 aromatic carbocycles. The molecule has 5 nitrogen and oxygen atoms in total. The molecule has 0 saturated heterocycles. The van der Waals surface area contributed by atoms with Gasteiger partial charge in [-0.3, -0.25) is 0 Å². The van der Waals surface area contributed by atoms with E-state index in [1.807, 2.05) is 0 Å². The van der Waals surface area contributed by atoms with Crippen LogP contribution in [0.1, 0.15) is 25.5 Å². The van der Waals surface area contributed by atoms with Crippen LogP contribution in [-0.4, -0.2) is 42.6 Å². The van der Waals surface area contributed by atoms with Crippen molar-refractivity contribution < 1.29 is 18.6 Å². The number of hydrogen-bond acceptors (Lipinski definition) is 4. The van der Waals surface area contributed by atoms with Crippen molar-refractivity contribution in [3.63, 3.8) is 0 Å². The van der Waals surface area contributed by atoms with E-state index in [2.05, 4.69) is 0 Å². The number of aliphatic hydroxyl groups excluding tert-OH is 2. The molecule has 0 aromatic heterocycles. The molecule has 0 aliphatic carbocycles. The van der Waals surface area contributed by atoms with Gasteiger partial charge >= 0.3 is 0 Å². The summed E-state index contributed by atoms with van der Waals surface area (Å²) in [4.78, 5) is 0.115. The van der Waals surface area contributed by atoms with Gasteiger partial charge in [-0.2, -0.15) is 4.31 Å². The van der Waals surface area contributed by atoms with Crippen LogP contribution < -0.4 is 0 Å². The fraction of sp³-hybridized carbons (Fsp3) is 0.500. The quantitative estimate of drug-likeness (QED) is 0.829. The predicted molar refractivity (Wildman–Crippen MR) is 68.6 cm³/mol. The Morgan fingerprint density at radius 2 is 1.89 bits per heavy atom. The summed E-state index contributed by atoms with van der Waals surface area (Å²) in [6, 6.07) is 6.17. The molecule has 0 spiro atoms. The van der Waals surface area contributed by atoms with Crippen LogP contribution in [0.5, 0.6) is 0 Å². The first-order valence-electron chi connectivity index (χ1n) is 5.67. The standard InChI is InChI=1S/C12H19NO4S/c1-9(14)8-13(3)18(16,17)12-6-4-5-11(7-12)10(2)15/h4-7,9-10,14-15H,8H2,1-3H3. The summed E-state index contributed by atoms with van der Waals surface area (Å²) in [5.74, 6) is 0. The topological polar surface area (TPSA) is 77.8 Å². The molecule has 0 radical (unpaired) electrons. The van der Waals surface area contributed by atoms with Gasteiger partial charge in [0.15, 0.2) is 0 Å². The molecular formula is C12H19NO4S. The summed E-state index contributed by atoms with van der Waals surface area (Å²) < 4.78 is 25.4. The van der Waals surface area contributed by atoms with Crippen LogP contribution in [0.3, 0.4) is 0 Å². The molecule has 2 unspecified atom stereocenters. The first-order valence-corrected chi connectivity index (χ1v) is 7.11. The maximum atomic E-state index is 12.2. The van der Waals surface area contributed by atoms with Crippen molar-refractivity contribution in [1.82, 2.24) is 4.31 Å². The molecule has 1 aromatic rings. The van der Waals surface area contributed by atoms with Crippen molar-refractivity contribution in [2.24, 2.45) is 0 Å². The van der Waals surface area contributed by atoms with Crippen LogP contribution in [-0.2, 0) is 10.0 Å². The van der Waals surface area contributed by atoms with Crippen LogP contribution >= 0.6 is 0 Å². The minimum Gasteiger partial charge on any atom is -0.392 e. The first-order chi connectivity index (χ1) is 8.25. The molecule has 0 bridgehead atoms. The maximum absolute atomic E-state index is 12.2. The molecule has 0 aliphatic heterocycles. The summed E-state index contributed by atoms with van der Waals surface area (Å²) in [7, 11) is -2.21. The van der Waals surface area contributed by atoms with Gasteiger partial charge in [0.05, 0.1) is 17.1 Å². The normalized spacial score (nSPS) is 15.7. The minimum atomic E-state index is -3.63. The van der Waals surface area contributed by atoms with E-state index in [4.69, 9.17) is 0 Å². The van der Waals surface area contributed by atoms with Gasteiger partial charge in [-0.1, -0.05) is 12.1 Å². The van der Waals surface area contributed by atoms with Crippen LogP contribution in [0, 0.1) is 0 Å². The first kappa shape index (κ1) is 15.1. The average molecular weight is 273 g/mol. The second-order valence-electron chi connectivity index (χ2n) is 4.38. The lowest BCUT2D eigenvalue weighted by Gasteiger charge is -2.19. The Bertz CT molecular complexity index is 497. The molecule has 102 valence electrons. The van der Waals surface area contributed by atoms with E-state index < -0.39 is 22.2 Å². The van der Waals surface area contributed by atoms with Gasteiger partial charge in [-0.15, -0.1) is 0 Å². The molecule has 2 N–H and O–H groups in total. The summed E-state index contributed by atoms with van der Waals surface area (Å²) in [5, 5.41) is 18.7. The second-order valence-corrected chi connectivity index (χ2v) is 6.43. The third-order valence-corrected chi connectivity index (χ3v) is 4.39. The van der Waals surface area contributed by atoms with Crippen molar-refractivity contribution in [3.05, 3.63) is 29.8 Å². The fourth-order valence-electron chi connectivity index (χ4n) is 1.59. The largest absolute Gasteiger partial charge is 0.392 e.